The summed E-state index contributed by atoms with van der Waals surface area (Å²) in [6.07, 6.45) is 3.33. The molecule has 1 N–H and O–H groups in total. The first-order chi connectivity index (χ1) is 8.76. The number of furan rings is 1. The predicted octanol–water partition coefficient (Wildman–Crippen LogP) is 2.78. The molecule has 0 atom stereocenters. The molecule has 0 fully saturated rings. The van der Waals surface area contributed by atoms with Crippen LogP contribution in [0.2, 0.25) is 0 Å². The molecule has 0 spiro atoms. The van der Waals surface area contributed by atoms with Gasteiger partial charge in [0.05, 0.1) is 12.8 Å². The minimum Gasteiger partial charge on any atom is -0.463 e. The number of ether oxygens (including phenoxy) is 1. The third-order valence-electron chi connectivity index (χ3n) is 2.52. The lowest BCUT2D eigenvalue weighted by Crippen LogP contribution is -1.98. The highest BCUT2D eigenvalue weighted by Crippen LogP contribution is 2.27. The van der Waals surface area contributed by atoms with E-state index < -0.39 is 5.97 Å². The molecule has 2 heterocycles. The lowest BCUT2D eigenvalue weighted by Gasteiger charge is -1.98. The van der Waals surface area contributed by atoms with E-state index in [0.29, 0.717) is 0 Å². The normalized spacial score (nSPS) is 10.6. The number of nitrogens with zero attached hydrogens (tertiary/aromatic N) is 1. The molecule has 0 aliphatic carbocycles. The number of carbonyl (C=O) groups excluding carboxylic acids is 1. The average Bonchev–Trinajstić information content (AvgIpc) is 3.03. The van der Waals surface area contributed by atoms with Crippen molar-refractivity contribution in [3.8, 4) is 11.3 Å². The molecule has 5 nitrogen and oxygen atoms in total. The molecule has 2 aromatic heterocycles. The lowest BCUT2D eigenvalue weighted by molar-refractivity contribution is 0.0563. The van der Waals surface area contributed by atoms with Crippen LogP contribution >= 0.6 is 15.9 Å². The smallest absolute Gasteiger partial charge is 0.373 e. The Morgan fingerprint density at radius 1 is 1.61 bits per heavy atom. The highest BCUT2D eigenvalue weighted by atomic mass is 79.9. The summed E-state index contributed by atoms with van der Waals surface area (Å²) in [5.41, 5.74) is 1.69. The summed E-state index contributed by atoms with van der Waals surface area (Å²) in [7, 11) is 1.33. The fraction of sp³-hybridized carbons (Fsp3) is 0.333. The largest absolute Gasteiger partial charge is 0.463 e. The Kier molecular flexibility index (Phi) is 4.19. The summed E-state index contributed by atoms with van der Waals surface area (Å²) in [5.74, 6) is 0.506. The Bertz CT molecular complexity index is 519. The minimum atomic E-state index is -0.471. The van der Waals surface area contributed by atoms with Gasteiger partial charge in [-0.2, -0.15) is 5.10 Å². The van der Waals surface area contributed by atoms with Crippen LogP contribution in [0, 0.1) is 0 Å². The van der Waals surface area contributed by atoms with Crippen LogP contribution in [0.25, 0.3) is 11.3 Å². The number of aromatic amines is 1. The van der Waals surface area contributed by atoms with E-state index in [0.717, 1.165) is 35.2 Å². The molecule has 0 saturated carbocycles. The van der Waals surface area contributed by atoms with Gasteiger partial charge in [-0.3, -0.25) is 5.10 Å². The standard InChI is InChI=1S/C12H13BrN2O3/c1-17-12(16)11-7-8(9-4-6-14-15-9)10(18-11)3-2-5-13/h4,6-7H,2-3,5H2,1H3,(H,14,15). The molecule has 18 heavy (non-hydrogen) atoms. The first-order valence-corrected chi connectivity index (χ1v) is 6.65. The molecule has 0 aliphatic heterocycles. The number of halogens is 1. The fourth-order valence-corrected chi connectivity index (χ4v) is 1.96. The van der Waals surface area contributed by atoms with Gasteiger partial charge in [-0.15, -0.1) is 0 Å². The SMILES string of the molecule is COC(=O)c1cc(-c2ccn[nH]2)c(CCCBr)o1. The molecular weight excluding hydrogens is 300 g/mol. The summed E-state index contributed by atoms with van der Waals surface area (Å²) in [6.45, 7) is 0. The molecule has 2 rings (SSSR count). The Balaban J connectivity index is 2.36. The molecule has 0 amide bonds. The fourth-order valence-electron chi connectivity index (χ4n) is 1.68. The summed E-state index contributed by atoms with van der Waals surface area (Å²) >= 11 is 3.38. The monoisotopic (exact) mass is 312 g/mol. The number of carbonyl (C=O) groups is 1. The van der Waals surface area contributed by atoms with Crippen LogP contribution in [0.5, 0.6) is 0 Å². The zero-order chi connectivity index (χ0) is 13.0. The summed E-state index contributed by atoms with van der Waals surface area (Å²) < 4.78 is 10.2. The predicted molar refractivity (Wildman–Crippen MR) is 69.7 cm³/mol. The second kappa shape index (κ2) is 5.86. The highest BCUT2D eigenvalue weighted by Gasteiger charge is 2.18. The topological polar surface area (TPSA) is 68.1 Å². The van der Waals surface area contributed by atoms with Crippen molar-refractivity contribution in [3.05, 3.63) is 29.9 Å². The van der Waals surface area contributed by atoms with E-state index in [1.54, 1.807) is 12.3 Å². The Morgan fingerprint density at radius 2 is 2.44 bits per heavy atom. The van der Waals surface area contributed by atoms with E-state index >= 15 is 0 Å². The van der Waals surface area contributed by atoms with Crippen LogP contribution in [0.4, 0.5) is 0 Å². The Labute approximate surface area is 113 Å². The maximum absolute atomic E-state index is 11.5. The molecule has 0 radical (unpaired) electrons. The zero-order valence-corrected chi connectivity index (χ0v) is 11.5. The van der Waals surface area contributed by atoms with Gasteiger partial charge in [-0.05, 0) is 12.5 Å². The van der Waals surface area contributed by atoms with Gasteiger partial charge in [0.1, 0.15) is 5.76 Å². The summed E-state index contributed by atoms with van der Waals surface area (Å²) in [5, 5.41) is 7.65. The lowest BCUT2D eigenvalue weighted by atomic mass is 10.1. The number of H-pyrrole nitrogens is 1. The van der Waals surface area contributed by atoms with Gasteiger partial charge in [0.2, 0.25) is 5.76 Å². The molecule has 0 aliphatic rings. The van der Waals surface area contributed by atoms with Crippen molar-refractivity contribution in [2.45, 2.75) is 12.8 Å². The number of aromatic nitrogens is 2. The molecule has 6 heteroatoms. The number of rotatable bonds is 5. The van der Waals surface area contributed by atoms with Crippen LogP contribution in [0.3, 0.4) is 0 Å². The van der Waals surface area contributed by atoms with Gasteiger partial charge in [-0.25, -0.2) is 4.79 Å². The van der Waals surface area contributed by atoms with Crippen molar-refractivity contribution in [1.29, 1.82) is 0 Å². The number of aryl methyl sites for hydroxylation is 1. The number of hydrogen-bond acceptors (Lipinski definition) is 4. The minimum absolute atomic E-state index is 0.215. The number of hydrogen-bond donors (Lipinski definition) is 1. The van der Waals surface area contributed by atoms with Gasteiger partial charge < -0.3 is 9.15 Å². The molecule has 0 unspecified atom stereocenters. The number of alkyl halides is 1. The van der Waals surface area contributed by atoms with Crippen LogP contribution in [-0.2, 0) is 11.2 Å². The van der Waals surface area contributed by atoms with Crippen molar-refractivity contribution >= 4 is 21.9 Å². The maximum atomic E-state index is 11.5. The molecular formula is C12H13BrN2O3. The van der Waals surface area contributed by atoms with Gasteiger partial charge in [-0.1, -0.05) is 15.9 Å². The molecule has 2 aromatic rings. The van der Waals surface area contributed by atoms with Crippen LogP contribution in [0.1, 0.15) is 22.7 Å². The van der Waals surface area contributed by atoms with E-state index in [2.05, 4.69) is 30.9 Å². The Hall–Kier alpha value is -1.56. The van der Waals surface area contributed by atoms with Crippen molar-refractivity contribution in [1.82, 2.24) is 10.2 Å². The van der Waals surface area contributed by atoms with Gasteiger partial charge >= 0.3 is 5.97 Å². The third-order valence-corrected chi connectivity index (χ3v) is 3.08. The van der Waals surface area contributed by atoms with E-state index in [4.69, 9.17) is 4.42 Å². The molecule has 0 bridgehead atoms. The van der Waals surface area contributed by atoms with E-state index in [-0.39, 0.29) is 5.76 Å². The number of esters is 1. The molecule has 0 aromatic carbocycles. The van der Waals surface area contributed by atoms with Crippen molar-refractivity contribution in [3.63, 3.8) is 0 Å². The van der Waals surface area contributed by atoms with Crippen molar-refractivity contribution in [2.24, 2.45) is 0 Å². The summed E-state index contributed by atoms with van der Waals surface area (Å²) in [6, 6.07) is 3.52. The average molecular weight is 313 g/mol. The van der Waals surface area contributed by atoms with Crippen LogP contribution in [0.15, 0.2) is 22.7 Å². The van der Waals surface area contributed by atoms with E-state index in [1.807, 2.05) is 6.07 Å². The van der Waals surface area contributed by atoms with Crippen LogP contribution in [-0.4, -0.2) is 28.6 Å². The van der Waals surface area contributed by atoms with Gasteiger partial charge in [0, 0.05) is 29.6 Å². The maximum Gasteiger partial charge on any atom is 0.373 e. The highest BCUT2D eigenvalue weighted by molar-refractivity contribution is 9.09. The van der Waals surface area contributed by atoms with Crippen molar-refractivity contribution < 1.29 is 13.9 Å². The van der Waals surface area contributed by atoms with E-state index in [9.17, 15) is 4.79 Å². The van der Waals surface area contributed by atoms with Gasteiger partial charge in [0.25, 0.3) is 0 Å². The first kappa shape index (κ1) is 12.9. The first-order valence-electron chi connectivity index (χ1n) is 5.53. The number of methoxy groups -OCH3 is 1. The second-order valence-corrected chi connectivity index (χ2v) is 4.49. The van der Waals surface area contributed by atoms with E-state index in [1.165, 1.54) is 7.11 Å². The third kappa shape index (κ3) is 2.64. The van der Waals surface area contributed by atoms with Crippen LogP contribution < -0.4 is 0 Å². The molecule has 96 valence electrons. The van der Waals surface area contributed by atoms with Crippen molar-refractivity contribution in [2.75, 3.05) is 12.4 Å². The molecule has 0 saturated heterocycles. The second-order valence-electron chi connectivity index (χ2n) is 3.70. The van der Waals surface area contributed by atoms with Gasteiger partial charge in [0.15, 0.2) is 0 Å². The Morgan fingerprint density at radius 3 is 3.06 bits per heavy atom. The summed E-state index contributed by atoms with van der Waals surface area (Å²) in [4.78, 5) is 11.5. The number of nitrogens with one attached hydrogen (secondary N) is 1. The quantitative estimate of drug-likeness (QED) is 0.681. The zero-order valence-electron chi connectivity index (χ0n) is 9.90.